The van der Waals surface area contributed by atoms with Crippen molar-refractivity contribution in [1.29, 1.82) is 0 Å². The Hall–Kier alpha value is -0.810. The number of carbonyl (C=O) groups is 1. The Bertz CT molecular complexity index is 391. The van der Waals surface area contributed by atoms with Crippen LogP contribution in [0.25, 0.3) is 0 Å². The number of hydrogen-bond donors (Lipinski definition) is 0. The molecule has 1 aromatic rings. The van der Waals surface area contributed by atoms with Crippen molar-refractivity contribution in [1.82, 2.24) is 0 Å². The van der Waals surface area contributed by atoms with Crippen LogP contribution in [-0.2, 0) is 15.5 Å². The summed E-state index contributed by atoms with van der Waals surface area (Å²) in [6, 6.07) is 8.85. The average molecular weight is 256 g/mol. The third kappa shape index (κ3) is 2.86. The molecule has 0 bridgehead atoms. The van der Waals surface area contributed by atoms with Crippen LogP contribution in [0.15, 0.2) is 30.3 Å². The third-order valence-corrected chi connectivity index (χ3v) is 5.83. The predicted octanol–water partition coefficient (Wildman–Crippen LogP) is 1.66. The third-order valence-electron chi connectivity index (χ3n) is 2.24. The van der Waals surface area contributed by atoms with Crippen LogP contribution < -0.4 is 0 Å². The van der Waals surface area contributed by atoms with E-state index in [1.54, 1.807) is 36.0 Å². The fourth-order valence-corrected chi connectivity index (χ4v) is 4.53. The minimum atomic E-state index is -0.848. The molecular weight excluding hydrogens is 244 g/mol. The number of carbonyl (C=O) groups excluding carboxylic acids is 1. The molecule has 5 heteroatoms. The first kappa shape index (κ1) is 11.7. The molecule has 0 aromatic heterocycles. The summed E-state index contributed by atoms with van der Waals surface area (Å²) in [5.74, 6) is 1.25. The maximum atomic E-state index is 11.6. The highest BCUT2D eigenvalue weighted by atomic mass is 32.2. The summed E-state index contributed by atoms with van der Waals surface area (Å²) < 4.78 is 16.5. The molecule has 86 valence electrons. The summed E-state index contributed by atoms with van der Waals surface area (Å²) in [6.07, 6.45) is 0. The van der Waals surface area contributed by atoms with Gasteiger partial charge in [-0.25, -0.2) is 4.79 Å². The minimum absolute atomic E-state index is 0.0485. The Balaban J connectivity index is 1.87. The van der Waals surface area contributed by atoms with Crippen LogP contribution in [0.3, 0.4) is 0 Å². The van der Waals surface area contributed by atoms with Crippen molar-refractivity contribution in [3.63, 3.8) is 0 Å². The van der Waals surface area contributed by atoms with E-state index in [4.69, 9.17) is 4.74 Å². The molecule has 1 aliphatic rings. The maximum absolute atomic E-state index is 11.6. The van der Waals surface area contributed by atoms with Gasteiger partial charge < -0.3 is 4.74 Å². The second-order valence-electron chi connectivity index (χ2n) is 3.35. The van der Waals surface area contributed by atoms with E-state index in [0.717, 1.165) is 5.75 Å². The van der Waals surface area contributed by atoms with Crippen molar-refractivity contribution in [2.75, 3.05) is 18.1 Å². The SMILES string of the molecule is O=C(OC[C@@H]1SCC[S@@]1=O)c1ccccc1. The Morgan fingerprint density at radius 2 is 2.19 bits per heavy atom. The fourth-order valence-electron chi connectivity index (χ4n) is 1.39. The number of hydrogen-bond acceptors (Lipinski definition) is 4. The summed E-state index contributed by atoms with van der Waals surface area (Å²) in [5, 5.41) is 0. The summed E-state index contributed by atoms with van der Waals surface area (Å²) >= 11 is 1.61. The first-order chi connectivity index (χ1) is 7.77. The quantitative estimate of drug-likeness (QED) is 0.772. The highest BCUT2D eigenvalue weighted by Gasteiger charge is 2.25. The molecule has 1 saturated heterocycles. The highest BCUT2D eigenvalue weighted by Crippen LogP contribution is 2.23. The molecule has 0 amide bonds. The molecule has 1 aliphatic heterocycles. The van der Waals surface area contributed by atoms with Gasteiger partial charge in [0.05, 0.1) is 5.56 Å². The molecule has 0 aliphatic carbocycles. The normalized spacial score (nSPS) is 24.2. The molecule has 0 spiro atoms. The Morgan fingerprint density at radius 3 is 2.81 bits per heavy atom. The van der Waals surface area contributed by atoms with E-state index in [9.17, 15) is 9.00 Å². The Morgan fingerprint density at radius 1 is 1.44 bits per heavy atom. The van der Waals surface area contributed by atoms with Gasteiger partial charge in [-0.05, 0) is 12.1 Å². The van der Waals surface area contributed by atoms with Crippen LogP contribution in [0, 0.1) is 0 Å². The molecule has 16 heavy (non-hydrogen) atoms. The molecule has 0 radical (unpaired) electrons. The van der Waals surface area contributed by atoms with Gasteiger partial charge in [0.15, 0.2) is 0 Å². The molecule has 1 aromatic carbocycles. The number of esters is 1. The van der Waals surface area contributed by atoms with Crippen LogP contribution in [0.4, 0.5) is 0 Å². The topological polar surface area (TPSA) is 43.4 Å². The zero-order chi connectivity index (χ0) is 11.4. The fraction of sp³-hybridized carbons (Fsp3) is 0.364. The van der Waals surface area contributed by atoms with Gasteiger partial charge in [0, 0.05) is 22.3 Å². The van der Waals surface area contributed by atoms with Gasteiger partial charge in [0.2, 0.25) is 0 Å². The largest absolute Gasteiger partial charge is 0.460 e. The summed E-state index contributed by atoms with van der Waals surface area (Å²) in [7, 11) is -0.848. The van der Waals surface area contributed by atoms with Crippen molar-refractivity contribution in [3.05, 3.63) is 35.9 Å². The predicted molar refractivity (Wildman–Crippen MR) is 66.0 cm³/mol. The lowest BCUT2D eigenvalue weighted by Crippen LogP contribution is -2.17. The van der Waals surface area contributed by atoms with Gasteiger partial charge in [-0.2, -0.15) is 0 Å². The maximum Gasteiger partial charge on any atom is 0.338 e. The molecule has 2 rings (SSSR count). The first-order valence-electron chi connectivity index (χ1n) is 4.98. The van der Waals surface area contributed by atoms with E-state index in [2.05, 4.69) is 0 Å². The van der Waals surface area contributed by atoms with Crippen molar-refractivity contribution >= 4 is 28.5 Å². The van der Waals surface area contributed by atoms with Crippen LogP contribution >= 0.6 is 11.8 Å². The van der Waals surface area contributed by atoms with Crippen molar-refractivity contribution in [2.24, 2.45) is 0 Å². The minimum Gasteiger partial charge on any atom is -0.460 e. The standard InChI is InChI=1S/C11H12O3S2/c12-11(9-4-2-1-3-5-9)14-8-10-15-6-7-16(10)13/h1-5,10H,6-8H2/t10-,16+/m1/s1. The Kier molecular flexibility index (Phi) is 4.01. The van der Waals surface area contributed by atoms with E-state index in [1.807, 2.05) is 6.07 Å². The summed E-state index contributed by atoms with van der Waals surface area (Å²) in [4.78, 5) is 11.6. The molecule has 2 atom stereocenters. The smallest absolute Gasteiger partial charge is 0.338 e. The lowest BCUT2D eigenvalue weighted by molar-refractivity contribution is 0.0523. The Labute approximate surface area is 101 Å². The van der Waals surface area contributed by atoms with Crippen molar-refractivity contribution in [2.45, 2.75) is 4.58 Å². The van der Waals surface area contributed by atoms with Crippen molar-refractivity contribution < 1.29 is 13.7 Å². The average Bonchev–Trinajstić information content (AvgIpc) is 2.73. The van der Waals surface area contributed by atoms with Crippen LogP contribution in [-0.4, -0.2) is 32.9 Å². The van der Waals surface area contributed by atoms with Crippen molar-refractivity contribution in [3.8, 4) is 0 Å². The van der Waals surface area contributed by atoms with Gasteiger partial charge in [0.25, 0.3) is 0 Å². The summed E-state index contributed by atoms with van der Waals surface area (Å²) in [5.41, 5.74) is 0.538. The number of thioether (sulfide) groups is 1. The van der Waals surface area contributed by atoms with E-state index in [0.29, 0.717) is 11.3 Å². The van der Waals surface area contributed by atoms with Gasteiger partial charge in [-0.3, -0.25) is 4.21 Å². The van der Waals surface area contributed by atoms with E-state index in [-0.39, 0.29) is 17.2 Å². The van der Waals surface area contributed by atoms with E-state index < -0.39 is 10.8 Å². The van der Waals surface area contributed by atoms with Gasteiger partial charge in [-0.1, -0.05) is 18.2 Å². The second kappa shape index (κ2) is 5.50. The zero-order valence-electron chi connectivity index (χ0n) is 8.63. The first-order valence-corrected chi connectivity index (χ1v) is 7.41. The summed E-state index contributed by atoms with van der Waals surface area (Å²) in [6.45, 7) is 0.241. The zero-order valence-corrected chi connectivity index (χ0v) is 10.3. The number of ether oxygens (including phenoxy) is 1. The molecule has 1 heterocycles. The van der Waals surface area contributed by atoms with E-state index in [1.165, 1.54) is 0 Å². The molecule has 0 saturated carbocycles. The van der Waals surface area contributed by atoms with Gasteiger partial charge in [0.1, 0.15) is 11.2 Å². The van der Waals surface area contributed by atoms with Crippen LogP contribution in [0.2, 0.25) is 0 Å². The second-order valence-corrected chi connectivity index (χ2v) is 6.70. The van der Waals surface area contributed by atoms with E-state index >= 15 is 0 Å². The highest BCUT2D eigenvalue weighted by molar-refractivity contribution is 8.14. The molecule has 0 N–H and O–H groups in total. The van der Waals surface area contributed by atoms with Crippen LogP contribution in [0.5, 0.6) is 0 Å². The van der Waals surface area contributed by atoms with Gasteiger partial charge >= 0.3 is 5.97 Å². The molecule has 3 nitrogen and oxygen atoms in total. The lowest BCUT2D eigenvalue weighted by Gasteiger charge is -2.08. The van der Waals surface area contributed by atoms with Gasteiger partial charge in [-0.15, -0.1) is 11.8 Å². The number of benzene rings is 1. The monoisotopic (exact) mass is 256 g/mol. The lowest BCUT2D eigenvalue weighted by atomic mass is 10.2. The molecular formula is C11H12O3S2. The number of rotatable bonds is 3. The molecule has 0 unspecified atom stereocenters. The van der Waals surface area contributed by atoms with Crippen LogP contribution in [0.1, 0.15) is 10.4 Å². The molecule has 1 fully saturated rings.